The second-order valence-corrected chi connectivity index (χ2v) is 6.27. The van der Waals surface area contributed by atoms with Crippen molar-refractivity contribution in [2.45, 2.75) is 37.5 Å². The molecule has 1 heterocycles. The van der Waals surface area contributed by atoms with Crippen LogP contribution < -0.4 is 5.73 Å². The third-order valence-corrected chi connectivity index (χ3v) is 4.68. The first kappa shape index (κ1) is 14.5. The van der Waals surface area contributed by atoms with E-state index < -0.39 is 5.92 Å². The second kappa shape index (κ2) is 5.40. The third kappa shape index (κ3) is 2.81. The van der Waals surface area contributed by atoms with Crippen molar-refractivity contribution >= 4 is 21.8 Å². The van der Waals surface area contributed by atoms with Gasteiger partial charge < -0.3 is 10.3 Å². The summed E-state index contributed by atoms with van der Waals surface area (Å²) in [5.41, 5.74) is 8.19. The van der Waals surface area contributed by atoms with Crippen LogP contribution in [0.1, 0.15) is 37.3 Å². The Morgan fingerprint density at radius 3 is 2.57 bits per heavy atom. The fourth-order valence-electron chi connectivity index (χ4n) is 2.84. The van der Waals surface area contributed by atoms with Crippen LogP contribution in [0.2, 0.25) is 0 Å². The van der Waals surface area contributed by atoms with Crippen LogP contribution >= 0.6 is 15.9 Å². The maximum Gasteiger partial charge on any atom is 0.248 e. The largest absolute Gasteiger partial charge is 0.367 e. The zero-order valence-corrected chi connectivity index (χ0v) is 12.9. The summed E-state index contributed by atoms with van der Waals surface area (Å²) in [6.45, 7) is 0. The SMILES string of the molecule is Nc1onc(C2CCC(F)(F)CC2)c1-c1ccccc1Br. The van der Waals surface area contributed by atoms with E-state index in [9.17, 15) is 8.78 Å². The highest BCUT2D eigenvalue weighted by molar-refractivity contribution is 9.10. The molecule has 3 rings (SSSR count). The van der Waals surface area contributed by atoms with Crippen LogP contribution in [0.25, 0.3) is 11.1 Å². The number of hydrogen-bond acceptors (Lipinski definition) is 3. The van der Waals surface area contributed by atoms with E-state index in [4.69, 9.17) is 10.3 Å². The van der Waals surface area contributed by atoms with Crippen molar-refractivity contribution in [1.82, 2.24) is 5.16 Å². The van der Waals surface area contributed by atoms with Gasteiger partial charge in [-0.3, -0.25) is 0 Å². The number of halogens is 3. The lowest BCUT2D eigenvalue weighted by Gasteiger charge is -2.27. The number of rotatable bonds is 2. The van der Waals surface area contributed by atoms with Crippen LogP contribution in [-0.2, 0) is 0 Å². The van der Waals surface area contributed by atoms with Crippen LogP contribution in [0.15, 0.2) is 33.3 Å². The van der Waals surface area contributed by atoms with E-state index in [1.54, 1.807) is 0 Å². The lowest BCUT2D eigenvalue weighted by molar-refractivity contribution is -0.0386. The summed E-state index contributed by atoms with van der Waals surface area (Å²) in [5, 5.41) is 4.04. The van der Waals surface area contributed by atoms with Crippen molar-refractivity contribution in [3.8, 4) is 11.1 Å². The number of aromatic nitrogens is 1. The van der Waals surface area contributed by atoms with E-state index >= 15 is 0 Å². The van der Waals surface area contributed by atoms with Crippen molar-refractivity contribution in [3.05, 3.63) is 34.4 Å². The first-order valence-electron chi connectivity index (χ1n) is 6.86. The topological polar surface area (TPSA) is 52.0 Å². The third-order valence-electron chi connectivity index (χ3n) is 3.99. The molecular weight excluding hydrogens is 342 g/mol. The Morgan fingerprint density at radius 1 is 1.24 bits per heavy atom. The summed E-state index contributed by atoms with van der Waals surface area (Å²) >= 11 is 3.48. The molecule has 0 aliphatic heterocycles. The van der Waals surface area contributed by atoms with Crippen molar-refractivity contribution in [3.63, 3.8) is 0 Å². The van der Waals surface area contributed by atoms with Gasteiger partial charge in [-0.1, -0.05) is 39.3 Å². The summed E-state index contributed by atoms with van der Waals surface area (Å²) in [7, 11) is 0. The molecule has 1 aliphatic carbocycles. The van der Waals surface area contributed by atoms with Crippen LogP contribution in [0.5, 0.6) is 0 Å². The van der Waals surface area contributed by atoms with Crippen LogP contribution in [0.4, 0.5) is 14.7 Å². The van der Waals surface area contributed by atoms with Crippen molar-refractivity contribution in [1.29, 1.82) is 0 Å². The molecular formula is C15H15BrF2N2O. The lowest BCUT2D eigenvalue weighted by atomic mass is 9.82. The fourth-order valence-corrected chi connectivity index (χ4v) is 3.33. The predicted molar refractivity (Wildman–Crippen MR) is 80.2 cm³/mol. The average molecular weight is 357 g/mol. The Bertz CT molecular complexity index is 647. The molecule has 1 aromatic carbocycles. The Hall–Kier alpha value is -1.43. The molecule has 112 valence electrons. The molecule has 0 atom stereocenters. The molecule has 0 unspecified atom stereocenters. The lowest BCUT2D eigenvalue weighted by Crippen LogP contribution is -2.24. The van der Waals surface area contributed by atoms with Crippen LogP contribution in [0.3, 0.4) is 0 Å². The average Bonchev–Trinajstić information content (AvgIpc) is 2.81. The number of nitrogen functional groups attached to an aromatic ring is 1. The molecule has 2 N–H and O–H groups in total. The molecule has 1 saturated carbocycles. The number of anilines is 1. The standard InChI is InChI=1S/C15H15BrF2N2O/c16-11-4-2-1-3-10(11)12-13(20-21-14(12)19)9-5-7-15(17,18)8-6-9/h1-4,9H,5-8,19H2. The number of nitrogens with two attached hydrogens (primary N) is 1. The van der Waals surface area contributed by atoms with Crippen LogP contribution in [0, 0.1) is 0 Å². The quantitative estimate of drug-likeness (QED) is 0.825. The van der Waals surface area contributed by atoms with Gasteiger partial charge in [0.25, 0.3) is 0 Å². The minimum absolute atomic E-state index is 0.0345. The minimum atomic E-state index is -2.56. The summed E-state index contributed by atoms with van der Waals surface area (Å²) in [5.74, 6) is -2.36. The molecule has 1 fully saturated rings. The first-order valence-corrected chi connectivity index (χ1v) is 7.65. The summed E-state index contributed by atoms with van der Waals surface area (Å²) in [6.07, 6.45) is 0.576. The minimum Gasteiger partial charge on any atom is -0.367 e. The molecule has 1 aliphatic rings. The Kier molecular flexibility index (Phi) is 3.73. The number of nitrogens with zero attached hydrogens (tertiary/aromatic N) is 1. The summed E-state index contributed by atoms with van der Waals surface area (Å²) in [4.78, 5) is 0. The van der Waals surface area contributed by atoms with Gasteiger partial charge in [-0.15, -0.1) is 0 Å². The molecule has 21 heavy (non-hydrogen) atoms. The van der Waals surface area contributed by atoms with E-state index in [1.807, 2.05) is 24.3 Å². The Labute approximate surface area is 129 Å². The number of alkyl halides is 2. The molecule has 1 aromatic heterocycles. The summed E-state index contributed by atoms with van der Waals surface area (Å²) in [6, 6.07) is 7.61. The summed E-state index contributed by atoms with van der Waals surface area (Å²) < 4.78 is 32.6. The highest BCUT2D eigenvalue weighted by Crippen LogP contribution is 2.45. The highest BCUT2D eigenvalue weighted by atomic mass is 79.9. The van der Waals surface area contributed by atoms with Gasteiger partial charge in [0.2, 0.25) is 11.8 Å². The molecule has 0 radical (unpaired) electrons. The molecule has 0 spiro atoms. The first-order chi connectivity index (χ1) is 9.98. The van der Waals surface area contributed by atoms with Gasteiger partial charge in [0.15, 0.2) is 0 Å². The molecule has 3 nitrogen and oxygen atoms in total. The zero-order chi connectivity index (χ0) is 15.0. The highest BCUT2D eigenvalue weighted by Gasteiger charge is 2.37. The Balaban J connectivity index is 1.97. The maximum atomic E-state index is 13.3. The van der Waals surface area contributed by atoms with E-state index in [2.05, 4.69) is 21.1 Å². The van der Waals surface area contributed by atoms with Gasteiger partial charge >= 0.3 is 0 Å². The Morgan fingerprint density at radius 2 is 1.90 bits per heavy atom. The predicted octanol–water partition coefficient (Wildman–Crippen LogP) is 4.98. The molecule has 2 aromatic rings. The molecule has 0 amide bonds. The van der Waals surface area contributed by atoms with Gasteiger partial charge in [-0.25, -0.2) is 8.78 Å². The number of benzene rings is 1. The van der Waals surface area contributed by atoms with Gasteiger partial charge in [0, 0.05) is 28.8 Å². The van der Waals surface area contributed by atoms with Crippen LogP contribution in [-0.4, -0.2) is 11.1 Å². The van der Waals surface area contributed by atoms with Gasteiger partial charge in [0.05, 0.1) is 11.3 Å². The van der Waals surface area contributed by atoms with Crippen molar-refractivity contribution < 1.29 is 13.3 Å². The normalized spacial score (nSPS) is 18.8. The van der Waals surface area contributed by atoms with Crippen molar-refractivity contribution in [2.75, 3.05) is 5.73 Å². The van der Waals surface area contributed by atoms with Gasteiger partial charge in [-0.05, 0) is 18.9 Å². The molecule has 6 heteroatoms. The van der Waals surface area contributed by atoms with Crippen molar-refractivity contribution in [2.24, 2.45) is 0 Å². The number of hydrogen-bond donors (Lipinski definition) is 1. The van der Waals surface area contributed by atoms with E-state index in [0.29, 0.717) is 18.5 Å². The zero-order valence-electron chi connectivity index (χ0n) is 11.3. The van der Waals surface area contributed by atoms with E-state index in [0.717, 1.165) is 15.6 Å². The molecule has 0 saturated heterocycles. The van der Waals surface area contributed by atoms with Gasteiger partial charge in [-0.2, -0.15) is 0 Å². The fraction of sp³-hybridized carbons (Fsp3) is 0.400. The second-order valence-electron chi connectivity index (χ2n) is 5.42. The van der Waals surface area contributed by atoms with Gasteiger partial charge in [0.1, 0.15) is 0 Å². The van der Waals surface area contributed by atoms with E-state index in [-0.39, 0.29) is 24.6 Å². The molecule has 0 bridgehead atoms. The smallest absolute Gasteiger partial charge is 0.248 e. The van der Waals surface area contributed by atoms with E-state index in [1.165, 1.54) is 0 Å². The maximum absolute atomic E-state index is 13.3. The monoisotopic (exact) mass is 356 g/mol.